The Morgan fingerprint density at radius 3 is 2.50 bits per heavy atom. The van der Waals surface area contributed by atoms with Crippen molar-refractivity contribution in [3.8, 4) is 5.75 Å². The Labute approximate surface area is 81.7 Å². The minimum atomic E-state index is -0.652. The minimum Gasteiger partial charge on any atom is -0.481 e. The van der Waals surface area contributed by atoms with Gasteiger partial charge in [-0.1, -0.05) is 6.92 Å². The van der Waals surface area contributed by atoms with Crippen molar-refractivity contribution in [2.75, 3.05) is 0 Å². The predicted octanol–water partition coefficient (Wildman–Crippen LogP) is 1.47. The number of halogens is 1. The van der Waals surface area contributed by atoms with Gasteiger partial charge in [0, 0.05) is 0 Å². The summed E-state index contributed by atoms with van der Waals surface area (Å²) in [5, 5.41) is 0. The van der Waals surface area contributed by atoms with Crippen molar-refractivity contribution in [2.45, 2.75) is 19.4 Å². The first-order valence-corrected chi connectivity index (χ1v) is 4.35. The highest BCUT2D eigenvalue weighted by Crippen LogP contribution is 2.13. The molecule has 0 aliphatic heterocycles. The average Bonchev–Trinajstić information content (AvgIpc) is 2.16. The molecular formula is C10H12FNO2. The first kappa shape index (κ1) is 10.5. The van der Waals surface area contributed by atoms with Gasteiger partial charge >= 0.3 is 0 Å². The van der Waals surface area contributed by atoms with Gasteiger partial charge in [0.05, 0.1) is 0 Å². The Kier molecular flexibility index (Phi) is 3.45. The number of hydrogen-bond donors (Lipinski definition) is 1. The van der Waals surface area contributed by atoms with Crippen LogP contribution in [-0.2, 0) is 4.79 Å². The van der Waals surface area contributed by atoms with E-state index in [2.05, 4.69) is 0 Å². The average molecular weight is 197 g/mol. The zero-order valence-corrected chi connectivity index (χ0v) is 7.87. The Hall–Kier alpha value is -1.58. The highest BCUT2D eigenvalue weighted by molar-refractivity contribution is 5.79. The van der Waals surface area contributed by atoms with E-state index in [4.69, 9.17) is 10.5 Å². The molecule has 0 aliphatic carbocycles. The monoisotopic (exact) mass is 197 g/mol. The van der Waals surface area contributed by atoms with Crippen molar-refractivity contribution in [1.29, 1.82) is 0 Å². The van der Waals surface area contributed by atoms with Crippen LogP contribution in [0.15, 0.2) is 24.3 Å². The molecule has 0 aromatic heterocycles. The number of primary amides is 1. The summed E-state index contributed by atoms with van der Waals surface area (Å²) >= 11 is 0. The molecule has 0 saturated carbocycles. The first-order valence-electron chi connectivity index (χ1n) is 4.35. The predicted molar refractivity (Wildman–Crippen MR) is 50.3 cm³/mol. The van der Waals surface area contributed by atoms with Crippen molar-refractivity contribution in [1.82, 2.24) is 0 Å². The third kappa shape index (κ3) is 2.73. The van der Waals surface area contributed by atoms with Crippen molar-refractivity contribution in [3.63, 3.8) is 0 Å². The van der Waals surface area contributed by atoms with E-state index in [-0.39, 0.29) is 5.82 Å². The lowest BCUT2D eigenvalue weighted by Crippen LogP contribution is -2.32. The van der Waals surface area contributed by atoms with Gasteiger partial charge in [-0.3, -0.25) is 4.79 Å². The summed E-state index contributed by atoms with van der Waals surface area (Å²) in [5.41, 5.74) is 5.09. The van der Waals surface area contributed by atoms with Crippen molar-refractivity contribution >= 4 is 5.91 Å². The van der Waals surface area contributed by atoms with Crippen molar-refractivity contribution in [3.05, 3.63) is 30.1 Å². The highest BCUT2D eigenvalue weighted by Gasteiger charge is 2.13. The fourth-order valence-corrected chi connectivity index (χ4v) is 1.02. The molecule has 0 fully saturated rings. The van der Waals surface area contributed by atoms with E-state index < -0.39 is 12.0 Å². The molecule has 1 unspecified atom stereocenters. The molecule has 0 bridgehead atoms. The number of carbonyl (C=O) groups excluding carboxylic acids is 1. The van der Waals surface area contributed by atoms with Crippen LogP contribution < -0.4 is 10.5 Å². The molecule has 14 heavy (non-hydrogen) atoms. The normalized spacial score (nSPS) is 12.1. The Balaban J connectivity index is 2.67. The van der Waals surface area contributed by atoms with Gasteiger partial charge in [-0.2, -0.15) is 0 Å². The molecule has 0 aliphatic rings. The molecule has 0 radical (unpaired) electrons. The van der Waals surface area contributed by atoms with Crippen LogP contribution in [0.5, 0.6) is 5.75 Å². The molecule has 1 amide bonds. The summed E-state index contributed by atoms with van der Waals surface area (Å²) in [5.74, 6) is -0.418. The van der Waals surface area contributed by atoms with E-state index in [1.165, 1.54) is 24.3 Å². The number of rotatable bonds is 4. The van der Waals surface area contributed by atoms with Gasteiger partial charge < -0.3 is 10.5 Å². The lowest BCUT2D eigenvalue weighted by molar-refractivity contribution is -0.124. The summed E-state index contributed by atoms with van der Waals surface area (Å²) in [6, 6.07) is 5.45. The molecule has 1 atom stereocenters. The molecular weight excluding hydrogens is 185 g/mol. The zero-order chi connectivity index (χ0) is 10.6. The quantitative estimate of drug-likeness (QED) is 0.794. The Bertz CT molecular complexity index is 310. The lowest BCUT2D eigenvalue weighted by Gasteiger charge is -2.13. The number of carbonyl (C=O) groups is 1. The van der Waals surface area contributed by atoms with Gasteiger partial charge in [0.25, 0.3) is 5.91 Å². The van der Waals surface area contributed by atoms with E-state index in [0.29, 0.717) is 12.2 Å². The van der Waals surface area contributed by atoms with Crippen LogP contribution in [0.2, 0.25) is 0 Å². The van der Waals surface area contributed by atoms with Gasteiger partial charge in [-0.25, -0.2) is 4.39 Å². The van der Waals surface area contributed by atoms with Crippen LogP contribution in [0.1, 0.15) is 13.3 Å². The second-order valence-electron chi connectivity index (χ2n) is 2.87. The molecule has 3 nitrogen and oxygen atoms in total. The standard InChI is InChI=1S/C10H12FNO2/c1-2-9(10(12)13)14-8-5-3-7(11)4-6-8/h3-6,9H,2H2,1H3,(H2,12,13). The van der Waals surface area contributed by atoms with Gasteiger partial charge in [0.15, 0.2) is 6.10 Å². The summed E-state index contributed by atoms with van der Waals surface area (Å²) in [6.07, 6.45) is -0.160. The molecule has 4 heteroatoms. The fourth-order valence-electron chi connectivity index (χ4n) is 1.02. The van der Waals surface area contributed by atoms with Crippen LogP contribution >= 0.6 is 0 Å². The van der Waals surface area contributed by atoms with Crippen LogP contribution in [0, 0.1) is 5.82 Å². The number of benzene rings is 1. The van der Waals surface area contributed by atoms with E-state index in [1.54, 1.807) is 6.92 Å². The molecule has 0 saturated heterocycles. The fraction of sp³-hybridized carbons (Fsp3) is 0.300. The number of ether oxygens (including phenoxy) is 1. The van der Waals surface area contributed by atoms with Crippen LogP contribution in [0.3, 0.4) is 0 Å². The SMILES string of the molecule is CCC(Oc1ccc(F)cc1)C(N)=O. The van der Waals surface area contributed by atoms with Crippen molar-refractivity contribution in [2.24, 2.45) is 5.73 Å². The van der Waals surface area contributed by atoms with Gasteiger partial charge in [0.2, 0.25) is 0 Å². The Morgan fingerprint density at radius 2 is 2.07 bits per heavy atom. The maximum Gasteiger partial charge on any atom is 0.258 e. The third-order valence-corrected chi connectivity index (χ3v) is 1.78. The van der Waals surface area contributed by atoms with Gasteiger partial charge in [0.1, 0.15) is 11.6 Å². The zero-order valence-electron chi connectivity index (χ0n) is 7.87. The van der Waals surface area contributed by atoms with E-state index in [9.17, 15) is 9.18 Å². The number of amides is 1. The highest BCUT2D eigenvalue weighted by atomic mass is 19.1. The van der Waals surface area contributed by atoms with E-state index >= 15 is 0 Å². The number of nitrogens with two attached hydrogens (primary N) is 1. The molecule has 1 aromatic carbocycles. The Morgan fingerprint density at radius 1 is 1.50 bits per heavy atom. The summed E-state index contributed by atoms with van der Waals surface area (Å²) < 4.78 is 17.8. The summed E-state index contributed by atoms with van der Waals surface area (Å²) in [7, 11) is 0. The maximum absolute atomic E-state index is 12.5. The van der Waals surface area contributed by atoms with Crippen LogP contribution in [-0.4, -0.2) is 12.0 Å². The van der Waals surface area contributed by atoms with Crippen LogP contribution in [0.4, 0.5) is 4.39 Å². The van der Waals surface area contributed by atoms with Gasteiger partial charge in [-0.15, -0.1) is 0 Å². The second-order valence-corrected chi connectivity index (χ2v) is 2.87. The molecule has 0 heterocycles. The maximum atomic E-state index is 12.5. The third-order valence-electron chi connectivity index (χ3n) is 1.78. The smallest absolute Gasteiger partial charge is 0.258 e. The lowest BCUT2D eigenvalue weighted by atomic mass is 10.2. The van der Waals surface area contributed by atoms with E-state index in [1.807, 2.05) is 0 Å². The largest absolute Gasteiger partial charge is 0.481 e. The van der Waals surface area contributed by atoms with Crippen molar-refractivity contribution < 1.29 is 13.9 Å². The molecule has 76 valence electrons. The summed E-state index contributed by atoms with van der Waals surface area (Å²) in [6.45, 7) is 1.79. The molecule has 2 N–H and O–H groups in total. The number of hydrogen-bond acceptors (Lipinski definition) is 2. The molecule has 1 rings (SSSR count). The topological polar surface area (TPSA) is 52.3 Å². The summed E-state index contributed by atoms with van der Waals surface area (Å²) in [4.78, 5) is 10.8. The minimum absolute atomic E-state index is 0.343. The first-order chi connectivity index (χ1) is 6.63. The van der Waals surface area contributed by atoms with Crippen LogP contribution in [0.25, 0.3) is 0 Å². The molecule has 0 spiro atoms. The second kappa shape index (κ2) is 4.60. The molecule has 1 aromatic rings. The van der Waals surface area contributed by atoms with Gasteiger partial charge in [-0.05, 0) is 30.7 Å². The van der Waals surface area contributed by atoms with E-state index in [0.717, 1.165) is 0 Å².